The predicted molar refractivity (Wildman–Crippen MR) is 117 cm³/mol. The van der Waals surface area contributed by atoms with E-state index >= 15 is 0 Å². The number of hydrogen-bond acceptors (Lipinski definition) is 6. The number of aromatic nitrogens is 4. The molecule has 0 aliphatic carbocycles. The normalized spacial score (nSPS) is 17.7. The monoisotopic (exact) mass is 453 g/mol. The Kier molecular flexibility index (Phi) is 5.41. The molecule has 3 aromatic rings. The first-order valence-corrected chi connectivity index (χ1v) is 11.0. The number of nitrogens with zero attached hydrogens (tertiary/aromatic N) is 5. The van der Waals surface area contributed by atoms with Crippen molar-refractivity contribution in [2.24, 2.45) is 5.92 Å². The van der Waals surface area contributed by atoms with Crippen LogP contribution < -0.4 is 16.2 Å². The summed E-state index contributed by atoms with van der Waals surface area (Å²) in [7, 11) is 0. The van der Waals surface area contributed by atoms with E-state index < -0.39 is 11.7 Å². The summed E-state index contributed by atoms with van der Waals surface area (Å²) in [6.07, 6.45) is 2.58. The molecule has 33 heavy (non-hydrogen) atoms. The Morgan fingerprint density at radius 1 is 1.33 bits per heavy atom. The maximum Gasteiger partial charge on any atom is 0.280 e. The van der Waals surface area contributed by atoms with Gasteiger partial charge in [0.05, 0.1) is 24.0 Å². The van der Waals surface area contributed by atoms with E-state index in [2.05, 4.69) is 20.7 Å². The summed E-state index contributed by atoms with van der Waals surface area (Å²) in [4.78, 5) is 44.9. The minimum Gasteiger partial charge on any atom is -0.332 e. The number of pyridine rings is 1. The van der Waals surface area contributed by atoms with Crippen LogP contribution in [0.25, 0.3) is 5.65 Å². The van der Waals surface area contributed by atoms with Crippen molar-refractivity contribution in [3.05, 3.63) is 57.5 Å². The predicted octanol–water partition coefficient (Wildman–Crippen LogP) is 0.796. The Morgan fingerprint density at radius 3 is 2.88 bits per heavy atom. The number of aryl methyl sites for hydroxylation is 1. The van der Waals surface area contributed by atoms with Crippen LogP contribution >= 0.6 is 0 Å². The van der Waals surface area contributed by atoms with E-state index in [9.17, 15) is 18.8 Å². The third kappa shape index (κ3) is 3.88. The van der Waals surface area contributed by atoms with Crippen LogP contribution in [0.4, 0.5) is 10.2 Å². The van der Waals surface area contributed by atoms with Crippen molar-refractivity contribution in [1.29, 1.82) is 0 Å². The zero-order valence-corrected chi connectivity index (χ0v) is 18.2. The highest BCUT2D eigenvalue weighted by molar-refractivity contribution is 5.98. The smallest absolute Gasteiger partial charge is 0.280 e. The summed E-state index contributed by atoms with van der Waals surface area (Å²) in [5.41, 5.74) is 1.30. The molecule has 0 unspecified atom stereocenters. The summed E-state index contributed by atoms with van der Waals surface area (Å²) in [6, 6.07) is 4.28. The second kappa shape index (κ2) is 8.39. The molecule has 0 aromatic carbocycles. The van der Waals surface area contributed by atoms with Crippen molar-refractivity contribution in [2.75, 3.05) is 25.0 Å². The molecule has 2 aliphatic heterocycles. The fraction of sp³-hybridized carbons (Fsp3) is 0.409. The number of carbonyl (C=O) groups is 2. The number of nitrogens with one attached hydrogen (secondary N) is 2. The van der Waals surface area contributed by atoms with Gasteiger partial charge >= 0.3 is 0 Å². The maximum absolute atomic E-state index is 13.4. The largest absolute Gasteiger partial charge is 0.332 e. The quantitative estimate of drug-likeness (QED) is 0.571. The van der Waals surface area contributed by atoms with Gasteiger partial charge in [-0.05, 0) is 44.0 Å². The lowest BCUT2D eigenvalue weighted by Gasteiger charge is -2.19. The van der Waals surface area contributed by atoms with Crippen LogP contribution in [0.2, 0.25) is 0 Å². The number of halogens is 1. The van der Waals surface area contributed by atoms with Gasteiger partial charge in [-0.25, -0.2) is 9.37 Å². The molecular weight excluding hydrogens is 429 g/mol. The molecule has 0 bridgehead atoms. The molecule has 10 nitrogen and oxygen atoms in total. The first-order chi connectivity index (χ1) is 15.9. The third-order valence-corrected chi connectivity index (χ3v) is 6.16. The van der Waals surface area contributed by atoms with Crippen LogP contribution in [0, 0.1) is 11.7 Å². The van der Waals surface area contributed by atoms with E-state index in [-0.39, 0.29) is 36.1 Å². The van der Waals surface area contributed by atoms with Crippen molar-refractivity contribution < 1.29 is 14.0 Å². The topological polar surface area (TPSA) is 114 Å². The minimum atomic E-state index is -0.512. The Balaban J connectivity index is 1.52. The van der Waals surface area contributed by atoms with Gasteiger partial charge in [0.25, 0.3) is 11.5 Å². The Morgan fingerprint density at radius 2 is 2.18 bits per heavy atom. The molecular formula is C22H24FN7O3. The van der Waals surface area contributed by atoms with Crippen LogP contribution in [0.5, 0.6) is 0 Å². The van der Waals surface area contributed by atoms with Crippen molar-refractivity contribution in [2.45, 2.75) is 32.9 Å². The second-order valence-corrected chi connectivity index (χ2v) is 8.43. The maximum atomic E-state index is 13.4. The van der Waals surface area contributed by atoms with Crippen LogP contribution in [0.1, 0.15) is 35.1 Å². The molecule has 2 N–H and O–H groups in total. The first kappa shape index (κ1) is 21.3. The van der Waals surface area contributed by atoms with E-state index in [0.717, 1.165) is 25.7 Å². The van der Waals surface area contributed by atoms with Crippen LogP contribution in [-0.2, 0) is 24.3 Å². The van der Waals surface area contributed by atoms with Crippen molar-refractivity contribution in [1.82, 2.24) is 29.4 Å². The Hall–Kier alpha value is -3.60. The number of carbonyl (C=O) groups excluding carboxylic acids is 2. The standard InChI is InChI=1S/C22H24FN7O3/c1-2-15-7-19-29(12-18(31)26-17-4-3-14(23)9-25-17)20-16(21(32)30(19)27-15)11-28(22(20)33)10-13-5-6-24-8-13/h3-4,7,9,13,24H,2,5-6,8,10-12H2,1H3,(H,25,26,31)/t13-/m0/s1. The lowest BCUT2D eigenvalue weighted by atomic mass is 10.1. The molecule has 11 heteroatoms. The Bertz CT molecular complexity index is 1290. The number of rotatable bonds is 6. The molecule has 2 aliphatic rings. The van der Waals surface area contributed by atoms with Gasteiger partial charge < -0.3 is 20.1 Å². The minimum absolute atomic E-state index is 0.194. The van der Waals surface area contributed by atoms with Gasteiger partial charge in [0.2, 0.25) is 5.91 Å². The molecule has 5 rings (SSSR count). The molecule has 2 amide bonds. The van der Waals surface area contributed by atoms with Gasteiger partial charge in [-0.1, -0.05) is 6.92 Å². The average Bonchev–Trinajstić information content (AvgIpc) is 3.53. The molecule has 0 radical (unpaired) electrons. The summed E-state index contributed by atoms with van der Waals surface area (Å²) in [6.45, 7) is 4.19. The van der Waals surface area contributed by atoms with E-state index in [1.807, 2.05) is 6.92 Å². The molecule has 3 aromatic heterocycles. The zero-order chi connectivity index (χ0) is 23.1. The molecule has 0 spiro atoms. The SMILES string of the molecule is CCc1cc2n(CC(=O)Nc3ccc(F)cn3)c3c(c(=O)n2n1)CN(C[C@H]1CCNC1)C3=O. The Labute approximate surface area is 188 Å². The number of hydrogen-bond donors (Lipinski definition) is 2. The van der Waals surface area contributed by atoms with Gasteiger partial charge in [-0.2, -0.15) is 9.61 Å². The third-order valence-electron chi connectivity index (χ3n) is 6.16. The highest BCUT2D eigenvalue weighted by Gasteiger charge is 2.36. The summed E-state index contributed by atoms with van der Waals surface area (Å²) in [5, 5.41) is 10.3. The molecule has 0 saturated carbocycles. The van der Waals surface area contributed by atoms with Gasteiger partial charge in [0.1, 0.15) is 29.5 Å². The van der Waals surface area contributed by atoms with Crippen LogP contribution in [0.15, 0.2) is 29.2 Å². The summed E-state index contributed by atoms with van der Waals surface area (Å²) < 4.78 is 16.0. The van der Waals surface area contributed by atoms with Crippen LogP contribution in [0.3, 0.4) is 0 Å². The number of amides is 2. The van der Waals surface area contributed by atoms with Crippen molar-refractivity contribution in [3.8, 4) is 0 Å². The van der Waals surface area contributed by atoms with E-state index in [1.165, 1.54) is 16.6 Å². The number of fused-ring (bicyclic) bond motifs is 2. The molecule has 1 fully saturated rings. The summed E-state index contributed by atoms with van der Waals surface area (Å²) in [5.74, 6) is -0.701. The van der Waals surface area contributed by atoms with E-state index in [0.29, 0.717) is 35.8 Å². The molecule has 1 atom stereocenters. The average molecular weight is 453 g/mol. The summed E-state index contributed by atoms with van der Waals surface area (Å²) >= 11 is 0. The molecule has 5 heterocycles. The number of anilines is 1. The van der Waals surface area contributed by atoms with Gasteiger partial charge in [0, 0.05) is 12.6 Å². The first-order valence-electron chi connectivity index (χ1n) is 11.0. The molecule has 172 valence electrons. The fourth-order valence-electron chi connectivity index (χ4n) is 4.50. The molecule has 1 saturated heterocycles. The highest BCUT2D eigenvalue weighted by Crippen LogP contribution is 2.25. The van der Waals surface area contributed by atoms with Gasteiger partial charge in [-0.15, -0.1) is 0 Å². The lowest BCUT2D eigenvalue weighted by Crippen LogP contribution is -2.32. The van der Waals surface area contributed by atoms with Crippen molar-refractivity contribution in [3.63, 3.8) is 0 Å². The zero-order valence-electron chi connectivity index (χ0n) is 18.2. The highest BCUT2D eigenvalue weighted by atomic mass is 19.1. The van der Waals surface area contributed by atoms with Gasteiger partial charge in [-0.3, -0.25) is 14.4 Å². The lowest BCUT2D eigenvalue weighted by molar-refractivity contribution is -0.116. The van der Waals surface area contributed by atoms with E-state index in [4.69, 9.17) is 0 Å². The second-order valence-electron chi connectivity index (χ2n) is 8.43. The van der Waals surface area contributed by atoms with E-state index in [1.54, 1.807) is 15.5 Å². The fourth-order valence-corrected chi connectivity index (χ4v) is 4.50. The van der Waals surface area contributed by atoms with Crippen LogP contribution in [-0.4, -0.2) is 55.5 Å². The van der Waals surface area contributed by atoms with Gasteiger partial charge in [0.15, 0.2) is 0 Å². The van der Waals surface area contributed by atoms with Crippen molar-refractivity contribution >= 4 is 23.3 Å².